The van der Waals surface area contributed by atoms with Crippen LogP contribution in [0.3, 0.4) is 0 Å². The molecule has 0 saturated carbocycles. The first-order valence-electron chi connectivity index (χ1n) is 6.88. The molecule has 0 aliphatic carbocycles. The van der Waals surface area contributed by atoms with Crippen molar-refractivity contribution in [2.45, 2.75) is 19.4 Å². The van der Waals surface area contributed by atoms with Gasteiger partial charge >= 0.3 is 0 Å². The first-order chi connectivity index (χ1) is 9.85. The molecule has 2 aromatic rings. The van der Waals surface area contributed by atoms with Gasteiger partial charge < -0.3 is 9.16 Å². The van der Waals surface area contributed by atoms with Gasteiger partial charge in [0.1, 0.15) is 5.75 Å². The van der Waals surface area contributed by atoms with Crippen LogP contribution in [0, 0.1) is 0 Å². The largest absolute Gasteiger partial charge is 0.496 e. The molecular weight excluding hydrogens is 264 g/mol. The Morgan fingerprint density at radius 3 is 2.40 bits per heavy atom. The molecule has 0 aromatic heterocycles. The van der Waals surface area contributed by atoms with Gasteiger partial charge in [-0.05, 0) is 29.7 Å². The van der Waals surface area contributed by atoms with Crippen LogP contribution in [0.25, 0.3) is 0 Å². The predicted octanol–water partition coefficient (Wildman–Crippen LogP) is 3.44. The summed E-state index contributed by atoms with van der Waals surface area (Å²) in [5.74, 6) is 1.00. The van der Waals surface area contributed by atoms with Crippen molar-refractivity contribution in [1.29, 1.82) is 0 Å². The van der Waals surface area contributed by atoms with Crippen LogP contribution in [0.15, 0.2) is 48.5 Å². The van der Waals surface area contributed by atoms with Crippen LogP contribution < -0.4 is 4.74 Å². The second-order valence-corrected chi connectivity index (χ2v) is 5.46. The van der Waals surface area contributed by atoms with Crippen molar-refractivity contribution >= 4 is 9.76 Å². The van der Waals surface area contributed by atoms with E-state index in [0.717, 1.165) is 24.8 Å². The van der Waals surface area contributed by atoms with Crippen molar-refractivity contribution in [3.8, 4) is 5.75 Å². The van der Waals surface area contributed by atoms with Crippen LogP contribution in [0.2, 0.25) is 0 Å². The highest BCUT2D eigenvalue weighted by Crippen LogP contribution is 2.26. The zero-order chi connectivity index (χ0) is 14.2. The summed E-state index contributed by atoms with van der Waals surface area (Å²) in [5, 5.41) is 0. The van der Waals surface area contributed by atoms with Crippen LogP contribution >= 0.6 is 0 Å². The number of hydrogen-bond donors (Lipinski definition) is 0. The predicted molar refractivity (Wildman–Crippen MR) is 83.3 cm³/mol. The highest BCUT2D eigenvalue weighted by atomic mass is 28.2. The number of para-hydroxylation sites is 1. The minimum Gasteiger partial charge on any atom is -0.496 e. The molecule has 0 heterocycles. The maximum Gasteiger partial charge on any atom is 0.234 e. The second-order valence-electron chi connectivity index (χ2n) is 4.53. The second kappa shape index (κ2) is 7.87. The van der Waals surface area contributed by atoms with Gasteiger partial charge in [0.2, 0.25) is 9.76 Å². The van der Waals surface area contributed by atoms with Crippen molar-refractivity contribution in [3.05, 3.63) is 65.2 Å². The number of methoxy groups -OCH3 is 1. The first kappa shape index (κ1) is 14.8. The van der Waals surface area contributed by atoms with E-state index >= 15 is 0 Å². The van der Waals surface area contributed by atoms with Gasteiger partial charge in [0.25, 0.3) is 0 Å². The fourth-order valence-corrected chi connectivity index (χ4v) is 2.97. The normalized spacial score (nSPS) is 10.5. The van der Waals surface area contributed by atoms with Crippen molar-refractivity contribution < 1.29 is 9.16 Å². The molecule has 0 aliphatic rings. The molecule has 20 heavy (non-hydrogen) atoms. The molecular formula is C17H20O2Si. The number of hydrogen-bond acceptors (Lipinski definition) is 2. The van der Waals surface area contributed by atoms with Crippen LogP contribution in [-0.2, 0) is 16.9 Å². The maximum absolute atomic E-state index is 5.63. The van der Waals surface area contributed by atoms with Gasteiger partial charge in [0.15, 0.2) is 0 Å². The van der Waals surface area contributed by atoms with Gasteiger partial charge in [-0.2, -0.15) is 0 Å². The zero-order valence-electron chi connectivity index (χ0n) is 12.1. The number of rotatable bonds is 7. The number of benzene rings is 2. The molecule has 3 heteroatoms. The lowest BCUT2D eigenvalue weighted by Gasteiger charge is -2.13. The lowest BCUT2D eigenvalue weighted by atomic mass is 10.0. The summed E-state index contributed by atoms with van der Waals surface area (Å²) >= 11 is 0. The highest BCUT2D eigenvalue weighted by molar-refractivity contribution is 6.26. The van der Waals surface area contributed by atoms with Gasteiger partial charge in [-0.15, -0.1) is 0 Å². The van der Waals surface area contributed by atoms with Crippen LogP contribution in [0.5, 0.6) is 5.75 Å². The van der Waals surface area contributed by atoms with Crippen molar-refractivity contribution in [3.63, 3.8) is 0 Å². The Kier molecular flexibility index (Phi) is 5.83. The van der Waals surface area contributed by atoms with E-state index in [9.17, 15) is 0 Å². The molecule has 0 spiro atoms. The molecule has 2 nitrogen and oxygen atoms in total. The van der Waals surface area contributed by atoms with E-state index in [1.54, 1.807) is 7.11 Å². The molecule has 0 amide bonds. The monoisotopic (exact) mass is 284 g/mol. The summed E-state index contributed by atoms with van der Waals surface area (Å²) in [6.45, 7) is 2.79. The molecule has 0 saturated heterocycles. The molecule has 0 fully saturated rings. The molecule has 0 N–H and O–H groups in total. The minimum absolute atomic E-state index is 0.493. The van der Waals surface area contributed by atoms with Gasteiger partial charge in [-0.3, -0.25) is 0 Å². The van der Waals surface area contributed by atoms with Gasteiger partial charge in [-0.25, -0.2) is 0 Å². The third kappa shape index (κ3) is 3.95. The van der Waals surface area contributed by atoms with Crippen LogP contribution in [-0.4, -0.2) is 23.5 Å². The third-order valence-electron chi connectivity index (χ3n) is 3.13. The van der Waals surface area contributed by atoms with Crippen molar-refractivity contribution in [1.82, 2.24) is 0 Å². The smallest absolute Gasteiger partial charge is 0.234 e. The molecule has 0 bridgehead atoms. The molecule has 0 atom stereocenters. The molecule has 2 radical (unpaired) electrons. The van der Waals surface area contributed by atoms with E-state index in [-0.39, 0.29) is 0 Å². The van der Waals surface area contributed by atoms with Gasteiger partial charge in [-0.1, -0.05) is 48.5 Å². The van der Waals surface area contributed by atoms with E-state index in [1.807, 2.05) is 13.0 Å². The Bertz CT molecular complexity index is 526. The molecule has 2 aromatic carbocycles. The Morgan fingerprint density at radius 2 is 1.70 bits per heavy atom. The fourth-order valence-electron chi connectivity index (χ4n) is 2.23. The van der Waals surface area contributed by atoms with Gasteiger partial charge in [0, 0.05) is 13.0 Å². The highest BCUT2D eigenvalue weighted by Gasteiger charge is 2.10. The van der Waals surface area contributed by atoms with E-state index < -0.39 is 0 Å². The van der Waals surface area contributed by atoms with E-state index in [4.69, 9.17) is 9.16 Å². The summed E-state index contributed by atoms with van der Waals surface area (Å²) in [4.78, 5) is 0. The molecule has 0 aliphatic heterocycles. The SMILES string of the molecule is CCO[Si]Cc1cccc(Cc2ccccc2)c1OC. The number of ether oxygens (including phenoxy) is 1. The Morgan fingerprint density at radius 1 is 0.950 bits per heavy atom. The summed E-state index contributed by atoms with van der Waals surface area (Å²) in [5.41, 5.74) is 3.76. The average molecular weight is 284 g/mol. The average Bonchev–Trinajstić information content (AvgIpc) is 2.49. The molecule has 0 unspecified atom stereocenters. The van der Waals surface area contributed by atoms with Crippen molar-refractivity contribution in [2.24, 2.45) is 0 Å². The summed E-state index contributed by atoms with van der Waals surface area (Å²) < 4.78 is 11.1. The summed E-state index contributed by atoms with van der Waals surface area (Å²) in [6, 6.07) is 17.8. The van der Waals surface area contributed by atoms with Crippen molar-refractivity contribution in [2.75, 3.05) is 13.7 Å². The third-order valence-corrected chi connectivity index (χ3v) is 4.15. The lowest BCUT2D eigenvalue weighted by molar-refractivity contribution is 0.358. The van der Waals surface area contributed by atoms with E-state index in [2.05, 4.69) is 42.5 Å². The van der Waals surface area contributed by atoms with Crippen LogP contribution in [0.4, 0.5) is 0 Å². The lowest BCUT2D eigenvalue weighted by Crippen LogP contribution is -2.05. The molecule has 2 rings (SSSR count). The first-order valence-corrected chi connectivity index (χ1v) is 8.00. The Balaban J connectivity index is 2.18. The standard InChI is InChI=1S/C17H20O2Si/c1-3-19-20-13-16-11-7-10-15(17(16)18-2)12-14-8-5-4-6-9-14/h4-11H,3,12-13H2,1-2H3. The van der Waals surface area contributed by atoms with Gasteiger partial charge in [0.05, 0.1) is 7.11 Å². The van der Waals surface area contributed by atoms with E-state index in [1.165, 1.54) is 16.7 Å². The topological polar surface area (TPSA) is 18.5 Å². The maximum atomic E-state index is 5.63. The van der Waals surface area contributed by atoms with Crippen LogP contribution in [0.1, 0.15) is 23.6 Å². The minimum atomic E-state index is 0.493. The summed E-state index contributed by atoms with van der Waals surface area (Å²) in [6.07, 6.45) is 0.898. The quantitative estimate of drug-likeness (QED) is 0.573. The Hall–Kier alpha value is -1.58. The van der Waals surface area contributed by atoms with E-state index in [0.29, 0.717) is 9.76 Å². The summed E-state index contributed by atoms with van der Waals surface area (Å²) in [7, 11) is 2.24. The molecule has 104 valence electrons. The fraction of sp³-hybridized carbons (Fsp3) is 0.294. The Labute approximate surface area is 123 Å². The zero-order valence-corrected chi connectivity index (χ0v) is 13.1.